The number of para-hydroxylation sites is 1. The van der Waals surface area contributed by atoms with Crippen LogP contribution in [0.25, 0.3) is 5.69 Å². The van der Waals surface area contributed by atoms with Crippen LogP contribution in [-0.4, -0.2) is 44.2 Å². The number of Topliss-reactive ketones (excluding diaryl/α,β-unsaturated/α-hetero) is 1. The summed E-state index contributed by atoms with van der Waals surface area (Å²) in [7, 11) is 0. The maximum Gasteiger partial charge on any atom is 0.353 e. The molecule has 4 rings (SSSR count). The van der Waals surface area contributed by atoms with Gasteiger partial charge >= 0.3 is 11.4 Å². The van der Waals surface area contributed by atoms with E-state index in [9.17, 15) is 24.0 Å². The summed E-state index contributed by atoms with van der Waals surface area (Å²) in [4.78, 5) is 72.4. The molecule has 12 heteroatoms. The average molecular weight is 1010 g/mol. The smallest absolute Gasteiger partial charge is 0.353 e. The molecule has 3 aromatic carbocycles. The number of nitrogens with zero attached hydrogens (tertiary/aromatic N) is 3. The van der Waals surface area contributed by atoms with Crippen molar-refractivity contribution in [3.05, 3.63) is 98.8 Å². The molecule has 2 unspecified atom stereocenters. The molecule has 0 radical (unpaired) electrons. The maximum atomic E-state index is 14.9. The first-order chi connectivity index (χ1) is 34.8. The van der Waals surface area contributed by atoms with E-state index in [1.54, 1.807) is 69.3 Å². The van der Waals surface area contributed by atoms with E-state index in [1.807, 2.05) is 19.9 Å². The van der Waals surface area contributed by atoms with Gasteiger partial charge in [0, 0.05) is 23.2 Å². The molecule has 0 saturated carbocycles. The fraction of sp³-hybridized carbons (Fsp3) is 0.623. The van der Waals surface area contributed by atoms with Crippen molar-refractivity contribution in [1.29, 1.82) is 0 Å². The van der Waals surface area contributed by atoms with E-state index in [0.717, 1.165) is 48.7 Å². The van der Waals surface area contributed by atoms with E-state index < -0.39 is 40.6 Å². The first-order valence-electron chi connectivity index (χ1n) is 28.0. The molecule has 0 spiro atoms. The Labute approximate surface area is 438 Å². The molecule has 1 heterocycles. The second-order valence-electron chi connectivity index (χ2n) is 22.4. The van der Waals surface area contributed by atoms with Crippen molar-refractivity contribution >= 4 is 29.0 Å². The van der Waals surface area contributed by atoms with Crippen LogP contribution in [0.5, 0.6) is 11.5 Å². The van der Waals surface area contributed by atoms with E-state index in [-0.39, 0.29) is 29.0 Å². The number of carbonyl (C=O) groups excluding carboxylic acids is 3. The molecule has 2 atom stereocenters. The predicted molar refractivity (Wildman–Crippen MR) is 300 cm³/mol. The molecule has 0 bridgehead atoms. The van der Waals surface area contributed by atoms with E-state index in [1.165, 1.54) is 85.6 Å². The lowest BCUT2D eigenvalue weighted by Crippen LogP contribution is -2.46. The van der Waals surface area contributed by atoms with Gasteiger partial charge < -0.3 is 20.1 Å². The number of ketones is 1. The Bertz CT molecular complexity index is 2470. The number of rotatable bonds is 33. The number of anilines is 2. The van der Waals surface area contributed by atoms with Crippen LogP contribution in [0.3, 0.4) is 0 Å². The second kappa shape index (κ2) is 28.9. The number of ether oxygens (including phenoxy) is 2. The van der Waals surface area contributed by atoms with Gasteiger partial charge in [0.15, 0.2) is 17.9 Å². The molecule has 0 aliphatic rings. The third kappa shape index (κ3) is 17.1. The fourth-order valence-electron chi connectivity index (χ4n) is 8.99. The zero-order valence-corrected chi connectivity index (χ0v) is 47.1. The summed E-state index contributed by atoms with van der Waals surface area (Å²) < 4.78 is 16.3. The Kier molecular flexibility index (Phi) is 23.8. The average Bonchev–Trinajstić information content (AvgIpc) is 3.61. The van der Waals surface area contributed by atoms with E-state index >= 15 is 0 Å². The summed E-state index contributed by atoms with van der Waals surface area (Å²) in [5.41, 5.74) is 0.259. The number of hydrogen-bond acceptors (Lipinski definition) is 7. The molecule has 404 valence electrons. The number of aromatic nitrogens is 3. The minimum absolute atomic E-state index is 0.0368. The van der Waals surface area contributed by atoms with E-state index in [0.29, 0.717) is 42.3 Å². The van der Waals surface area contributed by atoms with Crippen LogP contribution in [0.15, 0.2) is 76.3 Å². The Morgan fingerprint density at radius 1 is 0.589 bits per heavy atom. The van der Waals surface area contributed by atoms with Crippen LogP contribution >= 0.6 is 0 Å². The highest BCUT2D eigenvalue weighted by atomic mass is 16.5. The summed E-state index contributed by atoms with van der Waals surface area (Å²) >= 11 is 0. The summed E-state index contributed by atoms with van der Waals surface area (Å²) in [6, 6.07) is 18.2. The molecule has 12 nitrogen and oxygen atoms in total. The van der Waals surface area contributed by atoms with Crippen LogP contribution in [-0.2, 0) is 31.8 Å². The highest BCUT2D eigenvalue weighted by Crippen LogP contribution is 2.39. The van der Waals surface area contributed by atoms with Crippen LogP contribution in [0.2, 0.25) is 0 Å². The number of amides is 2. The number of benzene rings is 3. The Balaban J connectivity index is 1.64. The summed E-state index contributed by atoms with van der Waals surface area (Å²) in [5.74, 6) is -0.901. The summed E-state index contributed by atoms with van der Waals surface area (Å²) in [6.07, 6.45) is 19.9. The summed E-state index contributed by atoms with van der Waals surface area (Å²) in [5, 5.41) is 5.91. The van der Waals surface area contributed by atoms with Crippen molar-refractivity contribution in [2.24, 2.45) is 5.41 Å². The molecule has 0 aliphatic carbocycles. The molecule has 73 heavy (non-hydrogen) atoms. The van der Waals surface area contributed by atoms with Crippen molar-refractivity contribution in [1.82, 2.24) is 13.9 Å². The van der Waals surface area contributed by atoms with Gasteiger partial charge in [-0.1, -0.05) is 203 Å². The fourth-order valence-corrected chi connectivity index (χ4v) is 8.99. The highest BCUT2D eigenvalue weighted by molar-refractivity contribution is 6.11. The number of unbranched alkanes of at least 4 members (excludes halogenated alkanes) is 14. The van der Waals surface area contributed by atoms with Gasteiger partial charge in [0.1, 0.15) is 11.5 Å². The number of carbonyl (C=O) groups is 3. The van der Waals surface area contributed by atoms with E-state index in [4.69, 9.17) is 9.47 Å². The molecule has 0 aliphatic heterocycles. The lowest BCUT2D eigenvalue weighted by atomic mass is 9.76. The third-order valence-corrected chi connectivity index (χ3v) is 14.7. The standard InChI is InChI=1S/C61H93N5O7/c1-13-18-20-21-22-23-24-25-26-27-28-29-30-34-42-72-52-40-38-46(62-55(68)50(15-3)73-51-39-37-45(60(9,10)16-4)43-48(51)61(11,12)17-5)44-49(52)63-56(69)53(54(67)59(6,7)8)65-57(70)64(41-19-14-2)66(58(65)71)47-35-32-31-33-36-47/h31-33,35-40,43-44,50,53H,13-30,34,41-42H2,1-12H3,(H,62,68)(H,63,69). The second-order valence-corrected chi connectivity index (χ2v) is 22.4. The molecule has 2 amide bonds. The van der Waals surface area contributed by atoms with Crippen molar-refractivity contribution in [3.8, 4) is 17.2 Å². The molecule has 2 N–H and O–H groups in total. The van der Waals surface area contributed by atoms with Crippen molar-refractivity contribution < 1.29 is 23.9 Å². The van der Waals surface area contributed by atoms with Gasteiger partial charge in [-0.25, -0.2) is 18.8 Å². The molecule has 1 aromatic heterocycles. The van der Waals surface area contributed by atoms with Crippen LogP contribution in [0, 0.1) is 5.41 Å². The Morgan fingerprint density at radius 2 is 1.15 bits per heavy atom. The topological polar surface area (TPSA) is 143 Å². The quantitative estimate of drug-likeness (QED) is 0.0357. The molecular formula is C61H93N5O7. The summed E-state index contributed by atoms with van der Waals surface area (Å²) in [6.45, 7) is 24.9. The van der Waals surface area contributed by atoms with Gasteiger partial charge in [0.2, 0.25) is 0 Å². The highest BCUT2D eigenvalue weighted by Gasteiger charge is 2.40. The van der Waals surface area contributed by atoms with Crippen LogP contribution < -0.4 is 31.5 Å². The van der Waals surface area contributed by atoms with Gasteiger partial charge in [0.05, 0.1) is 18.0 Å². The normalized spacial score (nSPS) is 12.9. The molecule has 4 aromatic rings. The molecule has 0 fully saturated rings. The van der Waals surface area contributed by atoms with Crippen molar-refractivity contribution in [2.45, 2.75) is 235 Å². The lowest BCUT2D eigenvalue weighted by molar-refractivity contribution is -0.135. The largest absolute Gasteiger partial charge is 0.491 e. The zero-order chi connectivity index (χ0) is 53.8. The Hall–Kier alpha value is -5.39. The maximum absolute atomic E-state index is 14.9. The van der Waals surface area contributed by atoms with Crippen LogP contribution in [0.4, 0.5) is 11.4 Å². The third-order valence-electron chi connectivity index (χ3n) is 14.7. The molecule has 0 saturated heterocycles. The van der Waals surface area contributed by atoms with Gasteiger partial charge in [-0.2, -0.15) is 4.68 Å². The Morgan fingerprint density at radius 3 is 1.70 bits per heavy atom. The first-order valence-corrected chi connectivity index (χ1v) is 28.0. The van der Waals surface area contributed by atoms with Crippen molar-refractivity contribution in [3.63, 3.8) is 0 Å². The molecular weight excluding hydrogens is 915 g/mol. The monoisotopic (exact) mass is 1010 g/mol. The van der Waals surface area contributed by atoms with E-state index in [2.05, 4.69) is 71.2 Å². The predicted octanol–water partition coefficient (Wildman–Crippen LogP) is 14.4. The SMILES string of the molecule is CCCCCCCCCCCCCCCCOc1ccc(NC(=O)C(CC)Oc2ccc(C(C)(C)CC)cc2C(C)(C)CC)cc1NC(=O)C(C(=O)C(C)(C)C)n1c(=O)n(CCCC)n(-c2ccccc2)c1=O. The van der Waals surface area contributed by atoms with Gasteiger partial charge in [-0.05, 0) is 84.9 Å². The minimum Gasteiger partial charge on any atom is -0.491 e. The van der Waals surface area contributed by atoms with Crippen LogP contribution in [0.1, 0.15) is 222 Å². The lowest BCUT2D eigenvalue weighted by Gasteiger charge is -2.31. The number of nitrogens with one attached hydrogen (secondary N) is 2. The number of hydrogen-bond donors (Lipinski definition) is 2. The van der Waals surface area contributed by atoms with Crippen molar-refractivity contribution in [2.75, 3.05) is 17.2 Å². The minimum atomic E-state index is -1.83. The van der Waals surface area contributed by atoms with Gasteiger partial charge in [0.25, 0.3) is 11.8 Å². The van der Waals surface area contributed by atoms with Gasteiger partial charge in [-0.15, -0.1) is 0 Å². The zero-order valence-electron chi connectivity index (χ0n) is 47.1. The first kappa shape index (κ1) is 60.2. The van der Waals surface area contributed by atoms with Gasteiger partial charge in [-0.3, -0.25) is 14.4 Å².